The number of esters is 1. The SMILES string of the molecule is COC(=O)CC[NH2+]C1CCC2(Cc3ccccc3Cc3ccccc32)C1. The second kappa shape index (κ2) is 7.24. The van der Waals surface area contributed by atoms with Crippen LogP contribution in [0, 0.1) is 0 Å². The number of benzene rings is 2. The van der Waals surface area contributed by atoms with E-state index < -0.39 is 0 Å². The first-order chi connectivity index (χ1) is 12.7. The van der Waals surface area contributed by atoms with E-state index in [-0.39, 0.29) is 11.4 Å². The van der Waals surface area contributed by atoms with Crippen molar-refractivity contribution >= 4 is 5.97 Å². The van der Waals surface area contributed by atoms with Gasteiger partial charge >= 0.3 is 5.97 Å². The molecule has 1 spiro atoms. The summed E-state index contributed by atoms with van der Waals surface area (Å²) < 4.78 is 4.77. The summed E-state index contributed by atoms with van der Waals surface area (Å²) in [5, 5.41) is 2.37. The van der Waals surface area contributed by atoms with E-state index in [1.165, 1.54) is 43.1 Å². The Morgan fingerprint density at radius 1 is 1.12 bits per heavy atom. The molecule has 26 heavy (non-hydrogen) atoms. The van der Waals surface area contributed by atoms with Gasteiger partial charge in [-0.3, -0.25) is 4.79 Å². The lowest BCUT2D eigenvalue weighted by Crippen LogP contribution is -2.89. The number of nitrogens with two attached hydrogens (primary N) is 1. The number of quaternary nitrogens is 1. The fourth-order valence-corrected chi connectivity index (χ4v) is 5.07. The van der Waals surface area contributed by atoms with Crippen LogP contribution >= 0.6 is 0 Å². The molecule has 3 heteroatoms. The highest BCUT2D eigenvalue weighted by Gasteiger charge is 2.44. The van der Waals surface area contributed by atoms with Crippen LogP contribution in [-0.2, 0) is 27.8 Å². The summed E-state index contributed by atoms with van der Waals surface area (Å²) in [4.78, 5) is 11.4. The van der Waals surface area contributed by atoms with Crippen molar-refractivity contribution in [2.45, 2.75) is 50.0 Å². The molecule has 136 valence electrons. The molecule has 2 atom stereocenters. The molecule has 0 amide bonds. The van der Waals surface area contributed by atoms with Crippen LogP contribution in [0.4, 0.5) is 0 Å². The van der Waals surface area contributed by atoms with Gasteiger partial charge in [0, 0.05) is 18.3 Å². The van der Waals surface area contributed by atoms with Gasteiger partial charge in [-0.15, -0.1) is 0 Å². The zero-order valence-electron chi connectivity index (χ0n) is 15.5. The Balaban J connectivity index is 1.58. The van der Waals surface area contributed by atoms with E-state index in [1.807, 2.05) is 0 Å². The van der Waals surface area contributed by atoms with Crippen LogP contribution in [0.1, 0.15) is 47.9 Å². The predicted molar refractivity (Wildman–Crippen MR) is 102 cm³/mol. The number of carbonyl (C=O) groups excluding carboxylic acids is 1. The lowest BCUT2D eigenvalue weighted by molar-refractivity contribution is -0.687. The van der Waals surface area contributed by atoms with Gasteiger partial charge in [0.2, 0.25) is 0 Å². The molecule has 0 aromatic heterocycles. The second-order valence-corrected chi connectivity index (χ2v) is 7.91. The maximum Gasteiger partial charge on any atom is 0.311 e. The first kappa shape index (κ1) is 17.3. The molecule has 2 N–H and O–H groups in total. The average Bonchev–Trinajstić information content (AvgIpc) is 3.01. The summed E-state index contributed by atoms with van der Waals surface area (Å²) in [6, 6.07) is 18.6. The summed E-state index contributed by atoms with van der Waals surface area (Å²) in [6.07, 6.45) is 6.33. The maximum atomic E-state index is 11.4. The average molecular weight is 350 g/mol. The Labute approximate surface area is 155 Å². The van der Waals surface area contributed by atoms with E-state index in [0.717, 1.165) is 19.4 Å². The van der Waals surface area contributed by atoms with Crippen LogP contribution in [0.3, 0.4) is 0 Å². The molecule has 3 nitrogen and oxygen atoms in total. The molecule has 0 saturated heterocycles. The van der Waals surface area contributed by atoms with E-state index in [4.69, 9.17) is 4.74 Å². The third-order valence-corrected chi connectivity index (χ3v) is 6.34. The molecule has 2 aliphatic rings. The second-order valence-electron chi connectivity index (χ2n) is 7.91. The first-order valence-corrected chi connectivity index (χ1v) is 9.75. The zero-order chi connectivity index (χ0) is 18.0. The molecule has 2 aromatic carbocycles. The molecular weight excluding hydrogens is 322 g/mol. The summed E-state index contributed by atoms with van der Waals surface area (Å²) in [6.45, 7) is 0.825. The molecule has 2 aliphatic carbocycles. The first-order valence-electron chi connectivity index (χ1n) is 9.75. The summed E-state index contributed by atoms with van der Waals surface area (Å²) in [5.41, 5.74) is 6.29. The van der Waals surface area contributed by atoms with Gasteiger partial charge in [0.1, 0.15) is 0 Å². The largest absolute Gasteiger partial charge is 0.469 e. The standard InChI is InChI=1S/C23H27NO2/c1-26-22(25)11-13-24-20-10-12-23(16-20)15-19-8-3-2-6-17(19)14-18-7-4-5-9-21(18)23/h2-9,20,24H,10-16H2,1H3/p+1. The van der Waals surface area contributed by atoms with Gasteiger partial charge in [-0.2, -0.15) is 0 Å². The topological polar surface area (TPSA) is 42.9 Å². The Bertz CT molecular complexity index is 800. The molecule has 1 saturated carbocycles. The fraction of sp³-hybridized carbons (Fsp3) is 0.435. The van der Waals surface area contributed by atoms with Crippen molar-refractivity contribution in [2.75, 3.05) is 13.7 Å². The van der Waals surface area contributed by atoms with Gasteiger partial charge in [-0.25, -0.2) is 0 Å². The third-order valence-electron chi connectivity index (χ3n) is 6.34. The molecule has 0 radical (unpaired) electrons. The van der Waals surface area contributed by atoms with E-state index in [2.05, 4.69) is 53.8 Å². The van der Waals surface area contributed by atoms with Crippen LogP contribution < -0.4 is 5.32 Å². The number of hydrogen-bond donors (Lipinski definition) is 1. The van der Waals surface area contributed by atoms with Crippen molar-refractivity contribution in [2.24, 2.45) is 0 Å². The number of fused-ring (bicyclic) bond motifs is 3. The number of carbonyl (C=O) groups is 1. The minimum absolute atomic E-state index is 0.109. The molecule has 2 aromatic rings. The van der Waals surface area contributed by atoms with Crippen LogP contribution in [0.15, 0.2) is 48.5 Å². The van der Waals surface area contributed by atoms with E-state index in [9.17, 15) is 4.79 Å². The van der Waals surface area contributed by atoms with Crippen molar-refractivity contribution in [1.82, 2.24) is 0 Å². The fourth-order valence-electron chi connectivity index (χ4n) is 5.07. The normalized spacial score (nSPS) is 24.0. The van der Waals surface area contributed by atoms with E-state index in [0.29, 0.717) is 12.5 Å². The highest BCUT2D eigenvalue weighted by Crippen LogP contribution is 2.46. The van der Waals surface area contributed by atoms with Gasteiger partial charge in [0.25, 0.3) is 0 Å². The van der Waals surface area contributed by atoms with Crippen molar-refractivity contribution in [3.05, 3.63) is 70.8 Å². The monoisotopic (exact) mass is 350 g/mol. The van der Waals surface area contributed by atoms with Crippen LogP contribution in [0.2, 0.25) is 0 Å². The van der Waals surface area contributed by atoms with Gasteiger partial charge in [-0.1, -0.05) is 48.5 Å². The minimum atomic E-state index is -0.109. The van der Waals surface area contributed by atoms with Crippen LogP contribution in [0.25, 0.3) is 0 Å². The third kappa shape index (κ3) is 3.28. The lowest BCUT2D eigenvalue weighted by atomic mass is 9.73. The zero-order valence-corrected chi connectivity index (χ0v) is 15.5. The number of hydrogen-bond acceptors (Lipinski definition) is 2. The van der Waals surface area contributed by atoms with E-state index >= 15 is 0 Å². The van der Waals surface area contributed by atoms with Gasteiger partial charge < -0.3 is 10.1 Å². The highest BCUT2D eigenvalue weighted by atomic mass is 16.5. The number of methoxy groups -OCH3 is 1. The van der Waals surface area contributed by atoms with Gasteiger partial charge in [0.15, 0.2) is 0 Å². The Morgan fingerprint density at radius 2 is 1.85 bits per heavy atom. The number of ether oxygens (including phenoxy) is 1. The molecule has 0 aliphatic heterocycles. The smallest absolute Gasteiger partial charge is 0.311 e. The molecule has 0 heterocycles. The Hall–Kier alpha value is -2.13. The van der Waals surface area contributed by atoms with Crippen molar-refractivity contribution in [3.8, 4) is 0 Å². The maximum absolute atomic E-state index is 11.4. The van der Waals surface area contributed by atoms with Gasteiger partial charge in [-0.05, 0) is 41.5 Å². The molecule has 1 fully saturated rings. The highest BCUT2D eigenvalue weighted by molar-refractivity contribution is 5.69. The molecule has 0 bridgehead atoms. The summed E-state index contributed by atoms with van der Waals surface area (Å²) in [5.74, 6) is -0.109. The Kier molecular flexibility index (Phi) is 4.82. The van der Waals surface area contributed by atoms with Crippen LogP contribution in [-0.4, -0.2) is 25.7 Å². The molecular formula is C23H28NO2+. The predicted octanol–water partition coefficient (Wildman–Crippen LogP) is 2.75. The van der Waals surface area contributed by atoms with Gasteiger partial charge in [0.05, 0.1) is 26.1 Å². The van der Waals surface area contributed by atoms with E-state index in [1.54, 1.807) is 5.56 Å². The Morgan fingerprint density at radius 3 is 2.65 bits per heavy atom. The minimum Gasteiger partial charge on any atom is -0.469 e. The number of rotatable bonds is 4. The lowest BCUT2D eigenvalue weighted by Gasteiger charge is -2.30. The quantitative estimate of drug-likeness (QED) is 0.862. The van der Waals surface area contributed by atoms with Crippen molar-refractivity contribution < 1.29 is 14.8 Å². The molecule has 4 rings (SSSR count). The summed E-state index contributed by atoms with van der Waals surface area (Å²) in [7, 11) is 1.47. The summed E-state index contributed by atoms with van der Waals surface area (Å²) >= 11 is 0. The van der Waals surface area contributed by atoms with Crippen molar-refractivity contribution in [3.63, 3.8) is 0 Å². The van der Waals surface area contributed by atoms with Crippen LogP contribution in [0.5, 0.6) is 0 Å². The molecule has 2 unspecified atom stereocenters. The van der Waals surface area contributed by atoms with Crippen molar-refractivity contribution in [1.29, 1.82) is 0 Å².